The van der Waals surface area contributed by atoms with Crippen molar-refractivity contribution in [1.29, 1.82) is 0 Å². The summed E-state index contributed by atoms with van der Waals surface area (Å²) in [5.74, 6) is -0.232. The molecule has 0 unspecified atom stereocenters. The van der Waals surface area contributed by atoms with E-state index in [1.807, 2.05) is 25.2 Å². The maximum atomic E-state index is 13.8. The third-order valence-electron chi connectivity index (χ3n) is 3.07. The van der Waals surface area contributed by atoms with Crippen molar-refractivity contribution < 1.29 is 4.39 Å². The van der Waals surface area contributed by atoms with Gasteiger partial charge in [0.05, 0.1) is 0 Å². The number of rotatable bonds is 5. The highest BCUT2D eigenvalue weighted by Crippen LogP contribution is 2.14. The average molecular weight is 288 g/mol. The minimum Gasteiger partial charge on any atom is -0.389 e. The predicted octanol–water partition coefficient (Wildman–Crippen LogP) is 3.09. The van der Waals surface area contributed by atoms with Gasteiger partial charge in [-0.2, -0.15) is 0 Å². The summed E-state index contributed by atoms with van der Waals surface area (Å²) in [6.45, 7) is 1.27. The lowest BCUT2D eigenvalue weighted by molar-refractivity contribution is 0.313. The molecule has 2 aromatic rings. The SMILES string of the molecule is CN(Cc1ccccc1)Cc1cc(C(N)=S)ccc1F. The zero-order valence-corrected chi connectivity index (χ0v) is 12.2. The second-order valence-electron chi connectivity index (χ2n) is 4.83. The Morgan fingerprint density at radius 3 is 2.50 bits per heavy atom. The largest absolute Gasteiger partial charge is 0.389 e. The zero-order valence-electron chi connectivity index (χ0n) is 11.3. The molecule has 104 valence electrons. The molecule has 2 N–H and O–H groups in total. The van der Waals surface area contributed by atoms with Crippen LogP contribution in [0.2, 0.25) is 0 Å². The molecular weight excluding hydrogens is 271 g/mol. The molecule has 20 heavy (non-hydrogen) atoms. The van der Waals surface area contributed by atoms with E-state index in [1.165, 1.54) is 11.6 Å². The molecule has 2 aromatic carbocycles. The van der Waals surface area contributed by atoms with Crippen molar-refractivity contribution in [2.75, 3.05) is 7.05 Å². The first-order valence-electron chi connectivity index (χ1n) is 6.37. The molecule has 4 heteroatoms. The van der Waals surface area contributed by atoms with E-state index in [9.17, 15) is 4.39 Å². The second kappa shape index (κ2) is 6.59. The normalized spacial score (nSPS) is 10.8. The van der Waals surface area contributed by atoms with Gasteiger partial charge < -0.3 is 5.73 Å². The maximum absolute atomic E-state index is 13.8. The van der Waals surface area contributed by atoms with Gasteiger partial charge in [0.2, 0.25) is 0 Å². The molecule has 0 heterocycles. The smallest absolute Gasteiger partial charge is 0.127 e. The topological polar surface area (TPSA) is 29.3 Å². The summed E-state index contributed by atoms with van der Waals surface area (Å²) in [5.41, 5.74) is 8.08. The highest BCUT2D eigenvalue weighted by atomic mass is 32.1. The highest BCUT2D eigenvalue weighted by Gasteiger charge is 2.08. The molecule has 0 atom stereocenters. The van der Waals surface area contributed by atoms with E-state index in [0.29, 0.717) is 17.7 Å². The Labute approximate surface area is 124 Å². The lowest BCUT2D eigenvalue weighted by Gasteiger charge is -2.17. The van der Waals surface area contributed by atoms with Crippen LogP contribution in [0.3, 0.4) is 0 Å². The van der Waals surface area contributed by atoms with Gasteiger partial charge in [0.1, 0.15) is 10.8 Å². The van der Waals surface area contributed by atoms with Crippen LogP contribution in [0.4, 0.5) is 4.39 Å². The minimum absolute atomic E-state index is 0.232. The standard InChI is InChI=1S/C16H17FN2S/c1-19(10-12-5-3-2-4-6-12)11-14-9-13(16(18)20)7-8-15(14)17/h2-9H,10-11H2,1H3,(H2,18,20). The van der Waals surface area contributed by atoms with Crippen molar-refractivity contribution in [3.63, 3.8) is 0 Å². The summed E-state index contributed by atoms with van der Waals surface area (Å²) in [4.78, 5) is 2.34. The Bertz CT molecular complexity index is 599. The summed E-state index contributed by atoms with van der Waals surface area (Å²) in [7, 11) is 1.96. The van der Waals surface area contributed by atoms with Crippen LogP contribution in [0, 0.1) is 5.82 Å². The van der Waals surface area contributed by atoms with Crippen LogP contribution in [0.25, 0.3) is 0 Å². The van der Waals surface area contributed by atoms with Gasteiger partial charge >= 0.3 is 0 Å². The van der Waals surface area contributed by atoms with Gasteiger partial charge in [0.25, 0.3) is 0 Å². The summed E-state index contributed by atoms with van der Waals surface area (Å²) < 4.78 is 13.8. The third kappa shape index (κ3) is 3.85. The lowest BCUT2D eigenvalue weighted by Crippen LogP contribution is -2.19. The van der Waals surface area contributed by atoms with Crippen LogP contribution in [0.15, 0.2) is 48.5 Å². The number of halogens is 1. The quantitative estimate of drug-likeness (QED) is 0.857. The van der Waals surface area contributed by atoms with Crippen molar-refractivity contribution in [3.8, 4) is 0 Å². The first-order chi connectivity index (χ1) is 9.56. The van der Waals surface area contributed by atoms with Gasteiger partial charge in [0, 0.05) is 24.2 Å². The van der Waals surface area contributed by atoms with Gasteiger partial charge in [-0.1, -0.05) is 42.5 Å². The molecule has 0 radical (unpaired) electrons. The molecule has 0 amide bonds. The summed E-state index contributed by atoms with van der Waals surface area (Å²) in [6, 6.07) is 14.8. The van der Waals surface area contributed by atoms with E-state index in [0.717, 1.165) is 6.54 Å². The predicted molar refractivity (Wildman–Crippen MR) is 83.9 cm³/mol. The Hall–Kier alpha value is -1.78. The highest BCUT2D eigenvalue weighted by molar-refractivity contribution is 7.80. The van der Waals surface area contributed by atoms with E-state index in [2.05, 4.69) is 17.0 Å². The molecule has 0 saturated heterocycles. The Morgan fingerprint density at radius 2 is 1.85 bits per heavy atom. The molecule has 0 aliphatic rings. The van der Waals surface area contributed by atoms with E-state index >= 15 is 0 Å². The van der Waals surface area contributed by atoms with Crippen molar-refractivity contribution in [1.82, 2.24) is 4.90 Å². The Balaban J connectivity index is 2.09. The number of nitrogens with two attached hydrogens (primary N) is 1. The van der Waals surface area contributed by atoms with E-state index < -0.39 is 0 Å². The van der Waals surface area contributed by atoms with Gasteiger partial charge in [-0.05, 0) is 30.8 Å². The molecule has 0 saturated carbocycles. The summed E-state index contributed by atoms with van der Waals surface area (Å²) >= 11 is 4.93. The zero-order chi connectivity index (χ0) is 14.5. The minimum atomic E-state index is -0.232. The molecule has 0 spiro atoms. The fourth-order valence-corrected chi connectivity index (χ4v) is 2.22. The number of benzene rings is 2. The number of hydrogen-bond acceptors (Lipinski definition) is 2. The lowest BCUT2D eigenvalue weighted by atomic mass is 10.1. The van der Waals surface area contributed by atoms with Crippen LogP contribution in [-0.4, -0.2) is 16.9 Å². The van der Waals surface area contributed by atoms with E-state index in [1.54, 1.807) is 12.1 Å². The fraction of sp³-hybridized carbons (Fsp3) is 0.188. The van der Waals surface area contributed by atoms with E-state index in [-0.39, 0.29) is 10.8 Å². The summed E-state index contributed by atoms with van der Waals surface area (Å²) in [5, 5.41) is 0. The van der Waals surface area contributed by atoms with Gasteiger partial charge in [-0.15, -0.1) is 0 Å². The van der Waals surface area contributed by atoms with Gasteiger partial charge in [0.15, 0.2) is 0 Å². The Kier molecular flexibility index (Phi) is 4.82. The van der Waals surface area contributed by atoms with Gasteiger partial charge in [-0.25, -0.2) is 4.39 Å². The average Bonchev–Trinajstić information content (AvgIpc) is 2.42. The molecule has 0 aliphatic heterocycles. The first-order valence-corrected chi connectivity index (χ1v) is 6.78. The number of thiocarbonyl (C=S) groups is 1. The molecule has 0 bridgehead atoms. The Morgan fingerprint density at radius 1 is 1.15 bits per heavy atom. The fourth-order valence-electron chi connectivity index (χ4n) is 2.09. The van der Waals surface area contributed by atoms with Crippen LogP contribution in [-0.2, 0) is 13.1 Å². The van der Waals surface area contributed by atoms with Crippen LogP contribution in [0.5, 0.6) is 0 Å². The molecular formula is C16H17FN2S. The van der Waals surface area contributed by atoms with Crippen molar-refractivity contribution >= 4 is 17.2 Å². The number of nitrogens with zero attached hydrogens (tertiary/aromatic N) is 1. The second-order valence-corrected chi connectivity index (χ2v) is 5.27. The van der Waals surface area contributed by atoms with Gasteiger partial charge in [-0.3, -0.25) is 4.90 Å². The van der Waals surface area contributed by atoms with Crippen molar-refractivity contribution in [2.24, 2.45) is 5.73 Å². The number of hydrogen-bond donors (Lipinski definition) is 1. The van der Waals surface area contributed by atoms with Crippen LogP contribution < -0.4 is 5.73 Å². The molecule has 2 nitrogen and oxygen atoms in total. The van der Waals surface area contributed by atoms with Crippen LogP contribution >= 0.6 is 12.2 Å². The van der Waals surface area contributed by atoms with Crippen molar-refractivity contribution in [3.05, 3.63) is 71.0 Å². The molecule has 2 rings (SSSR count). The van der Waals surface area contributed by atoms with Crippen molar-refractivity contribution in [2.45, 2.75) is 13.1 Å². The molecule has 0 aromatic heterocycles. The molecule has 0 fully saturated rings. The third-order valence-corrected chi connectivity index (χ3v) is 3.30. The first kappa shape index (κ1) is 14.6. The summed E-state index contributed by atoms with van der Waals surface area (Å²) in [6.07, 6.45) is 0. The van der Waals surface area contributed by atoms with Crippen LogP contribution in [0.1, 0.15) is 16.7 Å². The molecule has 0 aliphatic carbocycles. The maximum Gasteiger partial charge on any atom is 0.127 e. The monoisotopic (exact) mass is 288 g/mol. The van der Waals surface area contributed by atoms with E-state index in [4.69, 9.17) is 18.0 Å².